The Labute approximate surface area is 111 Å². The number of nitrogens with one attached hydrogen (secondary N) is 1. The van der Waals surface area contributed by atoms with E-state index in [-0.39, 0.29) is 24.1 Å². The van der Waals surface area contributed by atoms with Crippen LogP contribution in [0.5, 0.6) is 0 Å². The summed E-state index contributed by atoms with van der Waals surface area (Å²) in [5.41, 5.74) is 1.29. The van der Waals surface area contributed by atoms with Crippen molar-refractivity contribution in [3.63, 3.8) is 0 Å². The Balaban J connectivity index is 1.76. The minimum atomic E-state index is -0.379. The highest BCUT2D eigenvalue weighted by Crippen LogP contribution is 2.33. The molecule has 1 aromatic rings. The van der Waals surface area contributed by atoms with Crippen LogP contribution in [0.1, 0.15) is 29.8 Å². The molecule has 18 heavy (non-hydrogen) atoms. The first-order valence-corrected chi connectivity index (χ1v) is 7.33. The second kappa shape index (κ2) is 4.64. The summed E-state index contributed by atoms with van der Waals surface area (Å²) in [6, 6.07) is 2.08. The zero-order valence-electron chi connectivity index (χ0n) is 10.4. The predicted molar refractivity (Wildman–Crippen MR) is 70.6 cm³/mol. The van der Waals surface area contributed by atoms with Gasteiger partial charge in [0.15, 0.2) is 0 Å². The van der Waals surface area contributed by atoms with E-state index in [0.29, 0.717) is 13.0 Å². The van der Waals surface area contributed by atoms with E-state index >= 15 is 0 Å². The van der Waals surface area contributed by atoms with Crippen LogP contribution in [0.2, 0.25) is 0 Å². The highest BCUT2D eigenvalue weighted by Gasteiger charge is 2.35. The molecule has 0 radical (unpaired) electrons. The summed E-state index contributed by atoms with van der Waals surface area (Å²) in [5, 5.41) is 14.7. The Morgan fingerprint density at radius 1 is 1.61 bits per heavy atom. The lowest BCUT2D eigenvalue weighted by Crippen LogP contribution is -2.47. The topological polar surface area (TPSA) is 52.6 Å². The van der Waals surface area contributed by atoms with Crippen LogP contribution in [-0.4, -0.2) is 41.1 Å². The maximum Gasteiger partial charge on any atom is 0.240 e. The van der Waals surface area contributed by atoms with Crippen LogP contribution in [0.3, 0.4) is 0 Å². The van der Waals surface area contributed by atoms with Crippen LogP contribution in [0.15, 0.2) is 11.4 Å². The zero-order valence-corrected chi connectivity index (χ0v) is 11.2. The number of aliphatic hydroxyl groups is 1. The number of nitrogens with zero attached hydrogens (tertiary/aromatic N) is 1. The first kappa shape index (κ1) is 12.1. The Hall–Kier alpha value is -0.910. The van der Waals surface area contributed by atoms with Crippen LogP contribution >= 0.6 is 11.3 Å². The molecule has 2 N–H and O–H groups in total. The third-order valence-electron chi connectivity index (χ3n) is 3.97. The molecule has 1 amide bonds. The lowest BCUT2D eigenvalue weighted by Gasteiger charge is -2.35. The van der Waals surface area contributed by atoms with Gasteiger partial charge in [0.1, 0.15) is 0 Å². The highest BCUT2D eigenvalue weighted by molar-refractivity contribution is 7.10. The van der Waals surface area contributed by atoms with E-state index < -0.39 is 0 Å². The quantitative estimate of drug-likeness (QED) is 0.794. The Morgan fingerprint density at radius 2 is 2.44 bits per heavy atom. The van der Waals surface area contributed by atoms with Crippen molar-refractivity contribution in [1.29, 1.82) is 0 Å². The molecule has 1 aromatic heterocycles. The molecular formula is C13H18N2O2S. The number of aliphatic hydroxyl groups excluding tert-OH is 1. The Morgan fingerprint density at radius 3 is 3.17 bits per heavy atom. The van der Waals surface area contributed by atoms with Gasteiger partial charge in [0.05, 0.1) is 18.2 Å². The summed E-state index contributed by atoms with van der Waals surface area (Å²) in [5.74, 6) is 0.135. The summed E-state index contributed by atoms with van der Waals surface area (Å²) >= 11 is 1.78. The summed E-state index contributed by atoms with van der Waals surface area (Å²) < 4.78 is 0. The molecule has 3 heterocycles. The summed E-state index contributed by atoms with van der Waals surface area (Å²) in [7, 11) is 0. The standard InChI is InChI=1S/C13H18N2O2S/c1-8-10-3-5-18-12(10)2-4-15(8)13(17)11-6-9(16)7-14-11/h3,5,8-9,11,14,16H,2,4,6-7H2,1H3. The van der Waals surface area contributed by atoms with E-state index in [1.807, 2.05) is 4.90 Å². The maximum atomic E-state index is 12.4. The van der Waals surface area contributed by atoms with Gasteiger partial charge in [-0.2, -0.15) is 0 Å². The van der Waals surface area contributed by atoms with Gasteiger partial charge in [-0.1, -0.05) is 0 Å². The van der Waals surface area contributed by atoms with Gasteiger partial charge in [-0.05, 0) is 36.8 Å². The first-order valence-electron chi connectivity index (χ1n) is 6.45. The number of hydrogen-bond donors (Lipinski definition) is 2. The number of β-amino-alcohol motifs (C(OH)–C–C–N with tert-alkyl or cyclic N) is 1. The minimum absolute atomic E-state index is 0.135. The van der Waals surface area contributed by atoms with Crippen LogP contribution < -0.4 is 5.32 Å². The normalized spacial score (nSPS) is 31.4. The monoisotopic (exact) mass is 266 g/mol. The van der Waals surface area contributed by atoms with Gasteiger partial charge >= 0.3 is 0 Å². The Bertz CT molecular complexity index is 460. The van der Waals surface area contributed by atoms with E-state index in [9.17, 15) is 9.90 Å². The van der Waals surface area contributed by atoms with E-state index in [4.69, 9.17) is 0 Å². The number of fused-ring (bicyclic) bond motifs is 1. The summed E-state index contributed by atoms with van der Waals surface area (Å²) in [6.07, 6.45) is 1.12. The largest absolute Gasteiger partial charge is 0.392 e. The fraction of sp³-hybridized carbons (Fsp3) is 0.615. The van der Waals surface area contributed by atoms with Crippen molar-refractivity contribution in [3.8, 4) is 0 Å². The lowest BCUT2D eigenvalue weighted by atomic mass is 10.00. The summed E-state index contributed by atoms with van der Waals surface area (Å²) in [6.45, 7) is 3.41. The molecule has 0 saturated carbocycles. The van der Waals surface area contributed by atoms with Gasteiger partial charge in [0, 0.05) is 18.0 Å². The molecule has 2 aliphatic rings. The number of carbonyl (C=O) groups is 1. The van der Waals surface area contributed by atoms with Crippen LogP contribution in [-0.2, 0) is 11.2 Å². The van der Waals surface area contributed by atoms with Crippen molar-refractivity contribution in [1.82, 2.24) is 10.2 Å². The molecule has 1 fully saturated rings. The third kappa shape index (κ3) is 1.96. The smallest absolute Gasteiger partial charge is 0.240 e. The van der Waals surface area contributed by atoms with Gasteiger partial charge in [-0.15, -0.1) is 11.3 Å². The van der Waals surface area contributed by atoms with Crippen molar-refractivity contribution in [2.75, 3.05) is 13.1 Å². The van der Waals surface area contributed by atoms with E-state index in [2.05, 4.69) is 23.7 Å². The van der Waals surface area contributed by atoms with Crippen LogP contribution in [0, 0.1) is 0 Å². The van der Waals surface area contributed by atoms with Gasteiger partial charge in [-0.3, -0.25) is 4.79 Å². The molecule has 0 bridgehead atoms. The molecule has 98 valence electrons. The molecular weight excluding hydrogens is 248 g/mol. The predicted octanol–water partition coefficient (Wildman–Crippen LogP) is 0.917. The van der Waals surface area contributed by atoms with Crippen LogP contribution in [0.25, 0.3) is 0 Å². The highest BCUT2D eigenvalue weighted by atomic mass is 32.1. The third-order valence-corrected chi connectivity index (χ3v) is 4.96. The zero-order chi connectivity index (χ0) is 12.7. The van der Waals surface area contributed by atoms with Crippen molar-refractivity contribution < 1.29 is 9.90 Å². The molecule has 5 heteroatoms. The fourth-order valence-electron chi connectivity index (χ4n) is 2.92. The minimum Gasteiger partial charge on any atom is -0.392 e. The van der Waals surface area contributed by atoms with Crippen molar-refractivity contribution in [2.45, 2.75) is 38.0 Å². The molecule has 0 aliphatic carbocycles. The first-order chi connectivity index (χ1) is 8.66. The molecule has 4 nitrogen and oxygen atoms in total. The van der Waals surface area contributed by atoms with Gasteiger partial charge in [0.2, 0.25) is 5.91 Å². The summed E-state index contributed by atoms with van der Waals surface area (Å²) in [4.78, 5) is 15.8. The van der Waals surface area contributed by atoms with Crippen molar-refractivity contribution in [3.05, 3.63) is 21.9 Å². The van der Waals surface area contributed by atoms with Crippen LogP contribution in [0.4, 0.5) is 0 Å². The number of carbonyl (C=O) groups excluding carboxylic acids is 1. The molecule has 0 aromatic carbocycles. The number of thiophene rings is 1. The van der Waals surface area contributed by atoms with E-state index in [1.165, 1.54) is 10.4 Å². The number of hydrogen-bond acceptors (Lipinski definition) is 4. The SMILES string of the molecule is CC1c2ccsc2CCN1C(=O)C1CC(O)CN1. The Kier molecular flexibility index (Phi) is 3.13. The average Bonchev–Trinajstić information content (AvgIpc) is 2.97. The average molecular weight is 266 g/mol. The van der Waals surface area contributed by atoms with Crippen molar-refractivity contribution >= 4 is 17.2 Å². The second-order valence-electron chi connectivity index (χ2n) is 5.11. The second-order valence-corrected chi connectivity index (χ2v) is 6.11. The molecule has 3 atom stereocenters. The maximum absolute atomic E-state index is 12.4. The van der Waals surface area contributed by atoms with E-state index in [0.717, 1.165) is 13.0 Å². The van der Waals surface area contributed by atoms with Gasteiger partial charge in [0.25, 0.3) is 0 Å². The molecule has 0 spiro atoms. The van der Waals surface area contributed by atoms with Gasteiger partial charge in [-0.25, -0.2) is 0 Å². The fourth-order valence-corrected chi connectivity index (χ4v) is 3.88. The molecule has 3 rings (SSSR count). The van der Waals surface area contributed by atoms with Gasteiger partial charge < -0.3 is 15.3 Å². The van der Waals surface area contributed by atoms with Crippen molar-refractivity contribution in [2.24, 2.45) is 0 Å². The lowest BCUT2D eigenvalue weighted by molar-refractivity contribution is -0.135. The van der Waals surface area contributed by atoms with E-state index in [1.54, 1.807) is 11.3 Å². The number of amides is 1. The molecule has 3 unspecified atom stereocenters. The molecule has 2 aliphatic heterocycles. The number of rotatable bonds is 1. The molecule has 1 saturated heterocycles.